The fraction of sp³-hybridized carbons (Fsp3) is 0.111. The van der Waals surface area contributed by atoms with Gasteiger partial charge in [-0.3, -0.25) is 0 Å². The summed E-state index contributed by atoms with van der Waals surface area (Å²) in [6, 6.07) is 19.7. The molecule has 0 bridgehead atoms. The highest BCUT2D eigenvalue weighted by molar-refractivity contribution is 5.85. The number of ether oxygens (including phenoxy) is 1. The lowest BCUT2D eigenvalue weighted by atomic mass is 10.1. The maximum absolute atomic E-state index is 10.0. The van der Waals surface area contributed by atoms with Crippen molar-refractivity contribution in [2.45, 2.75) is 13.5 Å². The Balaban J connectivity index is 1.85. The average molecular weight is 264 g/mol. The van der Waals surface area contributed by atoms with Crippen molar-refractivity contribution >= 4 is 10.8 Å². The molecule has 0 aliphatic carbocycles. The molecule has 3 rings (SSSR count). The number of phenols is 1. The van der Waals surface area contributed by atoms with Crippen LogP contribution in [0.1, 0.15) is 11.1 Å². The van der Waals surface area contributed by atoms with Crippen LogP contribution < -0.4 is 4.74 Å². The number of rotatable bonds is 3. The van der Waals surface area contributed by atoms with Gasteiger partial charge in [0, 0.05) is 0 Å². The van der Waals surface area contributed by atoms with E-state index < -0.39 is 0 Å². The van der Waals surface area contributed by atoms with Gasteiger partial charge in [-0.15, -0.1) is 0 Å². The smallest absolute Gasteiger partial charge is 0.162 e. The van der Waals surface area contributed by atoms with Crippen molar-refractivity contribution in [2.75, 3.05) is 0 Å². The third-order valence-corrected chi connectivity index (χ3v) is 3.30. The zero-order valence-electron chi connectivity index (χ0n) is 11.3. The highest BCUT2D eigenvalue weighted by Gasteiger charge is 2.05. The van der Waals surface area contributed by atoms with Crippen LogP contribution in [0.2, 0.25) is 0 Å². The summed E-state index contributed by atoms with van der Waals surface area (Å²) < 4.78 is 5.74. The van der Waals surface area contributed by atoms with Crippen LogP contribution in [0.25, 0.3) is 10.8 Å². The zero-order chi connectivity index (χ0) is 13.9. The third-order valence-electron chi connectivity index (χ3n) is 3.30. The van der Waals surface area contributed by atoms with E-state index in [-0.39, 0.29) is 5.75 Å². The Labute approximate surface area is 118 Å². The molecule has 0 radical (unpaired) electrons. The number of hydrogen-bond acceptors (Lipinski definition) is 2. The van der Waals surface area contributed by atoms with Crippen molar-refractivity contribution in [2.24, 2.45) is 0 Å². The van der Waals surface area contributed by atoms with Crippen LogP contribution in [0.5, 0.6) is 11.5 Å². The quantitative estimate of drug-likeness (QED) is 0.758. The maximum atomic E-state index is 10.0. The molecule has 3 aromatic rings. The van der Waals surface area contributed by atoms with Gasteiger partial charge >= 0.3 is 0 Å². The van der Waals surface area contributed by atoms with Gasteiger partial charge in [0.1, 0.15) is 6.61 Å². The first kappa shape index (κ1) is 12.5. The molecule has 2 nitrogen and oxygen atoms in total. The summed E-state index contributed by atoms with van der Waals surface area (Å²) in [7, 11) is 0. The molecule has 0 aromatic heterocycles. The first-order chi connectivity index (χ1) is 9.72. The molecule has 0 heterocycles. The largest absolute Gasteiger partial charge is 0.504 e. The van der Waals surface area contributed by atoms with Crippen molar-refractivity contribution in [3.63, 3.8) is 0 Å². The van der Waals surface area contributed by atoms with E-state index in [0.29, 0.717) is 12.4 Å². The lowest BCUT2D eigenvalue weighted by molar-refractivity contribution is 0.289. The fourth-order valence-corrected chi connectivity index (χ4v) is 2.29. The topological polar surface area (TPSA) is 29.5 Å². The number of benzene rings is 3. The molecule has 2 heteroatoms. The first-order valence-corrected chi connectivity index (χ1v) is 6.62. The highest BCUT2D eigenvalue weighted by Crippen LogP contribution is 2.31. The summed E-state index contributed by atoms with van der Waals surface area (Å²) in [4.78, 5) is 0. The molecule has 0 amide bonds. The van der Waals surface area contributed by atoms with Gasteiger partial charge in [-0.05, 0) is 35.4 Å². The van der Waals surface area contributed by atoms with Crippen molar-refractivity contribution in [1.29, 1.82) is 0 Å². The minimum Gasteiger partial charge on any atom is -0.504 e. The zero-order valence-corrected chi connectivity index (χ0v) is 11.3. The highest BCUT2D eigenvalue weighted by atomic mass is 16.5. The molecule has 3 aromatic carbocycles. The van der Waals surface area contributed by atoms with Gasteiger partial charge in [-0.2, -0.15) is 0 Å². The van der Waals surface area contributed by atoms with Crippen LogP contribution in [0.3, 0.4) is 0 Å². The van der Waals surface area contributed by atoms with E-state index in [1.54, 1.807) is 6.07 Å². The molecule has 100 valence electrons. The van der Waals surface area contributed by atoms with Gasteiger partial charge in [0.2, 0.25) is 0 Å². The Morgan fingerprint density at radius 1 is 0.900 bits per heavy atom. The summed E-state index contributed by atoms with van der Waals surface area (Å²) in [6.45, 7) is 2.50. The van der Waals surface area contributed by atoms with Gasteiger partial charge in [-0.1, -0.05) is 54.1 Å². The van der Waals surface area contributed by atoms with Crippen LogP contribution in [-0.2, 0) is 6.61 Å². The van der Waals surface area contributed by atoms with E-state index in [9.17, 15) is 5.11 Å². The van der Waals surface area contributed by atoms with Crippen molar-refractivity contribution < 1.29 is 9.84 Å². The van der Waals surface area contributed by atoms with Gasteiger partial charge in [0.25, 0.3) is 0 Å². The molecule has 0 fully saturated rings. The SMILES string of the molecule is Cc1cccc(COc2cc3ccccc3cc2O)c1. The molecule has 20 heavy (non-hydrogen) atoms. The Morgan fingerprint density at radius 2 is 1.65 bits per heavy atom. The van der Waals surface area contributed by atoms with Crippen LogP contribution in [0.15, 0.2) is 60.7 Å². The normalized spacial score (nSPS) is 10.7. The van der Waals surface area contributed by atoms with E-state index in [4.69, 9.17) is 4.74 Å². The molecule has 0 aliphatic heterocycles. The summed E-state index contributed by atoms with van der Waals surface area (Å²) in [5, 5.41) is 12.1. The van der Waals surface area contributed by atoms with Gasteiger partial charge in [0.15, 0.2) is 11.5 Å². The first-order valence-electron chi connectivity index (χ1n) is 6.62. The van der Waals surface area contributed by atoms with Crippen LogP contribution in [-0.4, -0.2) is 5.11 Å². The molecule has 1 N–H and O–H groups in total. The average Bonchev–Trinajstić information content (AvgIpc) is 2.45. The lowest BCUT2D eigenvalue weighted by Gasteiger charge is -2.10. The molecule has 0 aliphatic rings. The molecule has 0 unspecified atom stereocenters. The monoisotopic (exact) mass is 264 g/mol. The summed E-state index contributed by atoms with van der Waals surface area (Å²) >= 11 is 0. The van der Waals surface area contributed by atoms with Crippen LogP contribution in [0, 0.1) is 6.92 Å². The molecular formula is C18H16O2. The summed E-state index contributed by atoms with van der Waals surface area (Å²) in [5.41, 5.74) is 2.30. The van der Waals surface area contributed by atoms with Gasteiger partial charge < -0.3 is 9.84 Å². The number of aromatic hydroxyl groups is 1. The lowest BCUT2D eigenvalue weighted by Crippen LogP contribution is -1.96. The van der Waals surface area contributed by atoms with E-state index in [1.165, 1.54) is 5.56 Å². The second-order valence-corrected chi connectivity index (χ2v) is 4.94. The number of fused-ring (bicyclic) bond motifs is 1. The fourth-order valence-electron chi connectivity index (χ4n) is 2.29. The molecule has 0 atom stereocenters. The Morgan fingerprint density at radius 3 is 2.40 bits per heavy atom. The van der Waals surface area contributed by atoms with Crippen LogP contribution in [0.4, 0.5) is 0 Å². The maximum Gasteiger partial charge on any atom is 0.162 e. The van der Waals surface area contributed by atoms with E-state index in [1.807, 2.05) is 42.5 Å². The Bertz CT molecular complexity index is 747. The van der Waals surface area contributed by atoms with E-state index in [0.717, 1.165) is 16.3 Å². The second kappa shape index (κ2) is 5.25. The van der Waals surface area contributed by atoms with E-state index in [2.05, 4.69) is 19.1 Å². The van der Waals surface area contributed by atoms with Gasteiger partial charge in [0.05, 0.1) is 0 Å². The summed E-state index contributed by atoms with van der Waals surface area (Å²) in [5.74, 6) is 0.696. The van der Waals surface area contributed by atoms with Crippen molar-refractivity contribution in [3.05, 3.63) is 71.8 Å². The molecule has 0 saturated heterocycles. The predicted octanol–water partition coefficient (Wildman–Crippen LogP) is 4.43. The second-order valence-electron chi connectivity index (χ2n) is 4.94. The van der Waals surface area contributed by atoms with Gasteiger partial charge in [-0.25, -0.2) is 0 Å². The number of phenolic OH excluding ortho intramolecular Hbond substituents is 1. The minimum atomic E-state index is 0.177. The number of aryl methyl sites for hydroxylation is 1. The minimum absolute atomic E-state index is 0.177. The molecule has 0 saturated carbocycles. The van der Waals surface area contributed by atoms with E-state index >= 15 is 0 Å². The number of hydrogen-bond donors (Lipinski definition) is 1. The summed E-state index contributed by atoms with van der Waals surface area (Å²) in [6.07, 6.45) is 0. The standard InChI is InChI=1S/C18H16O2/c1-13-5-4-6-14(9-13)12-20-18-11-16-8-3-2-7-15(16)10-17(18)19/h2-11,19H,12H2,1H3. The predicted molar refractivity (Wildman–Crippen MR) is 81.1 cm³/mol. The molecule has 0 spiro atoms. The van der Waals surface area contributed by atoms with Crippen molar-refractivity contribution in [3.8, 4) is 11.5 Å². The van der Waals surface area contributed by atoms with Crippen molar-refractivity contribution in [1.82, 2.24) is 0 Å². The Hall–Kier alpha value is -2.48. The Kier molecular flexibility index (Phi) is 3.30. The van der Waals surface area contributed by atoms with Crippen LogP contribution >= 0.6 is 0 Å². The third kappa shape index (κ3) is 2.59. The molecular weight excluding hydrogens is 248 g/mol.